The zero-order valence-electron chi connectivity index (χ0n) is 12.5. The van der Waals surface area contributed by atoms with Gasteiger partial charge in [-0.1, -0.05) is 12.8 Å². The summed E-state index contributed by atoms with van der Waals surface area (Å²) in [6.45, 7) is 4.25. The molecule has 0 amide bonds. The van der Waals surface area contributed by atoms with Crippen molar-refractivity contribution in [1.82, 2.24) is 15.6 Å². The first-order chi connectivity index (χ1) is 9.81. The minimum Gasteiger partial charge on any atom is -0.315 e. The van der Waals surface area contributed by atoms with Crippen LogP contribution in [0.15, 0.2) is 5.38 Å². The second-order valence-electron chi connectivity index (χ2n) is 6.40. The molecule has 1 aromatic heterocycles. The van der Waals surface area contributed by atoms with Gasteiger partial charge in [0, 0.05) is 37.0 Å². The molecule has 0 bridgehead atoms. The van der Waals surface area contributed by atoms with Gasteiger partial charge in [0.25, 0.3) is 0 Å². The van der Waals surface area contributed by atoms with E-state index in [1.807, 2.05) is 0 Å². The van der Waals surface area contributed by atoms with Crippen molar-refractivity contribution in [3.05, 3.63) is 16.1 Å². The summed E-state index contributed by atoms with van der Waals surface area (Å²) in [7, 11) is 0. The molecule has 1 saturated heterocycles. The number of rotatable bonds is 5. The van der Waals surface area contributed by atoms with Gasteiger partial charge in [-0.2, -0.15) is 0 Å². The van der Waals surface area contributed by atoms with E-state index in [2.05, 4.69) is 27.9 Å². The number of aryl methyl sites for hydroxylation is 1. The van der Waals surface area contributed by atoms with Crippen LogP contribution in [-0.4, -0.2) is 30.2 Å². The summed E-state index contributed by atoms with van der Waals surface area (Å²) >= 11 is 1.75. The van der Waals surface area contributed by atoms with Crippen LogP contribution in [0.25, 0.3) is 0 Å². The molecule has 2 heterocycles. The largest absolute Gasteiger partial charge is 0.315 e. The molecule has 0 spiro atoms. The van der Waals surface area contributed by atoms with Gasteiger partial charge in [0.2, 0.25) is 0 Å². The molecule has 2 N–H and O–H groups in total. The zero-order chi connectivity index (χ0) is 13.8. The molecule has 0 radical (unpaired) electrons. The summed E-state index contributed by atoms with van der Waals surface area (Å²) in [4.78, 5) is 4.51. The predicted octanol–water partition coefficient (Wildman–Crippen LogP) is 2.89. The van der Waals surface area contributed by atoms with Gasteiger partial charge >= 0.3 is 0 Å². The summed E-state index contributed by atoms with van der Waals surface area (Å²) in [5.41, 5.74) is 1.24. The summed E-state index contributed by atoms with van der Waals surface area (Å²) in [6.07, 6.45) is 9.60. The number of piperidine rings is 1. The topological polar surface area (TPSA) is 37.0 Å². The molecule has 3 nitrogen and oxygen atoms in total. The van der Waals surface area contributed by atoms with E-state index in [9.17, 15) is 0 Å². The molecule has 1 aromatic rings. The number of hydrogen-bond donors (Lipinski definition) is 2. The Bertz CT molecular complexity index is 418. The van der Waals surface area contributed by atoms with Crippen LogP contribution in [-0.2, 0) is 6.42 Å². The molecule has 3 atom stereocenters. The normalized spacial score (nSPS) is 30.1. The van der Waals surface area contributed by atoms with E-state index in [0.29, 0.717) is 6.04 Å². The summed E-state index contributed by atoms with van der Waals surface area (Å²) in [5.74, 6) is 0.970. The summed E-state index contributed by atoms with van der Waals surface area (Å²) in [6, 6.07) is 1.50. The highest BCUT2D eigenvalue weighted by Gasteiger charge is 2.31. The number of aromatic nitrogens is 1. The minimum absolute atomic E-state index is 0.687. The average molecular weight is 293 g/mol. The Hall–Kier alpha value is -0.450. The summed E-state index contributed by atoms with van der Waals surface area (Å²) in [5, 5.41) is 10.9. The van der Waals surface area contributed by atoms with E-state index < -0.39 is 0 Å². The van der Waals surface area contributed by atoms with Crippen molar-refractivity contribution in [3.8, 4) is 0 Å². The van der Waals surface area contributed by atoms with Crippen LogP contribution < -0.4 is 10.6 Å². The van der Waals surface area contributed by atoms with Gasteiger partial charge in [-0.3, -0.25) is 0 Å². The monoisotopic (exact) mass is 293 g/mol. The third-order valence-corrected chi connectivity index (χ3v) is 5.68. The first kappa shape index (κ1) is 14.5. The van der Waals surface area contributed by atoms with Crippen molar-refractivity contribution < 1.29 is 0 Å². The van der Waals surface area contributed by atoms with E-state index in [4.69, 9.17) is 0 Å². The van der Waals surface area contributed by atoms with Crippen LogP contribution in [0.5, 0.6) is 0 Å². The van der Waals surface area contributed by atoms with Crippen LogP contribution in [0.1, 0.15) is 49.2 Å². The molecule has 1 saturated carbocycles. The number of hydrogen-bond acceptors (Lipinski definition) is 4. The molecule has 2 fully saturated rings. The number of nitrogens with zero attached hydrogens (tertiary/aromatic N) is 1. The highest BCUT2D eigenvalue weighted by molar-refractivity contribution is 7.09. The molecule has 1 aliphatic carbocycles. The van der Waals surface area contributed by atoms with Gasteiger partial charge in [0.1, 0.15) is 0 Å². The lowest BCUT2D eigenvalue weighted by atomic mass is 9.78. The quantitative estimate of drug-likeness (QED) is 0.820. The SMILES string of the molecule is Cc1nc(CCNCC2CCC3CCCCC3N2)cs1. The fraction of sp³-hybridized carbons (Fsp3) is 0.812. The van der Waals surface area contributed by atoms with E-state index in [-0.39, 0.29) is 0 Å². The van der Waals surface area contributed by atoms with Gasteiger partial charge in [0.05, 0.1) is 10.7 Å². The molecular formula is C16H27N3S. The van der Waals surface area contributed by atoms with E-state index >= 15 is 0 Å². The molecule has 112 valence electrons. The first-order valence-electron chi connectivity index (χ1n) is 8.19. The smallest absolute Gasteiger partial charge is 0.0897 e. The van der Waals surface area contributed by atoms with Crippen molar-refractivity contribution in [2.75, 3.05) is 13.1 Å². The van der Waals surface area contributed by atoms with Gasteiger partial charge in [0.15, 0.2) is 0 Å². The van der Waals surface area contributed by atoms with Gasteiger partial charge in [-0.05, 0) is 38.5 Å². The van der Waals surface area contributed by atoms with Crippen LogP contribution in [0.4, 0.5) is 0 Å². The lowest BCUT2D eigenvalue weighted by Crippen LogP contribution is -2.52. The molecule has 3 rings (SSSR count). The Morgan fingerprint density at radius 2 is 2.20 bits per heavy atom. The second kappa shape index (κ2) is 7.01. The standard InChI is InChI=1S/C16H27N3S/c1-12-18-15(11-20-12)8-9-17-10-14-7-6-13-4-2-3-5-16(13)19-14/h11,13-14,16-17,19H,2-10H2,1H3. The van der Waals surface area contributed by atoms with Crippen LogP contribution in [0, 0.1) is 12.8 Å². The second-order valence-corrected chi connectivity index (χ2v) is 7.47. The number of fused-ring (bicyclic) bond motifs is 1. The summed E-state index contributed by atoms with van der Waals surface area (Å²) < 4.78 is 0. The Morgan fingerprint density at radius 3 is 3.05 bits per heavy atom. The molecule has 20 heavy (non-hydrogen) atoms. The Morgan fingerprint density at radius 1 is 1.30 bits per heavy atom. The fourth-order valence-corrected chi connectivity index (χ4v) is 4.40. The van der Waals surface area contributed by atoms with E-state index in [1.54, 1.807) is 11.3 Å². The van der Waals surface area contributed by atoms with Crippen molar-refractivity contribution in [1.29, 1.82) is 0 Å². The third-order valence-electron chi connectivity index (χ3n) is 4.86. The maximum Gasteiger partial charge on any atom is 0.0897 e. The Balaban J connectivity index is 1.34. The van der Waals surface area contributed by atoms with Gasteiger partial charge in [-0.25, -0.2) is 4.98 Å². The fourth-order valence-electron chi connectivity index (χ4n) is 3.75. The molecule has 2 aliphatic rings. The molecule has 3 unspecified atom stereocenters. The van der Waals surface area contributed by atoms with Crippen LogP contribution >= 0.6 is 11.3 Å². The zero-order valence-corrected chi connectivity index (χ0v) is 13.3. The van der Waals surface area contributed by atoms with Crippen molar-refractivity contribution in [2.45, 2.75) is 64.0 Å². The maximum absolute atomic E-state index is 4.51. The number of thiazole rings is 1. The maximum atomic E-state index is 4.51. The minimum atomic E-state index is 0.687. The van der Waals surface area contributed by atoms with E-state index in [0.717, 1.165) is 31.5 Å². The van der Waals surface area contributed by atoms with Crippen LogP contribution in [0.2, 0.25) is 0 Å². The average Bonchev–Trinajstić information content (AvgIpc) is 2.89. The highest BCUT2D eigenvalue weighted by atomic mass is 32.1. The molecular weight excluding hydrogens is 266 g/mol. The number of nitrogens with one attached hydrogen (secondary N) is 2. The van der Waals surface area contributed by atoms with Gasteiger partial charge < -0.3 is 10.6 Å². The molecule has 4 heteroatoms. The Kier molecular flexibility index (Phi) is 5.08. The third kappa shape index (κ3) is 3.80. The highest BCUT2D eigenvalue weighted by Crippen LogP contribution is 2.31. The molecule has 0 aromatic carbocycles. The lowest BCUT2D eigenvalue weighted by Gasteiger charge is -2.40. The van der Waals surface area contributed by atoms with Gasteiger partial charge in [-0.15, -0.1) is 11.3 Å². The van der Waals surface area contributed by atoms with Crippen molar-refractivity contribution >= 4 is 11.3 Å². The predicted molar refractivity (Wildman–Crippen MR) is 85.3 cm³/mol. The first-order valence-corrected chi connectivity index (χ1v) is 9.07. The van der Waals surface area contributed by atoms with E-state index in [1.165, 1.54) is 49.2 Å². The molecule has 1 aliphatic heterocycles. The van der Waals surface area contributed by atoms with Crippen LogP contribution in [0.3, 0.4) is 0 Å². The Labute approximate surface area is 126 Å². The van der Waals surface area contributed by atoms with Crippen molar-refractivity contribution in [3.63, 3.8) is 0 Å². The lowest BCUT2D eigenvalue weighted by molar-refractivity contribution is 0.174. The van der Waals surface area contributed by atoms with Crippen molar-refractivity contribution in [2.24, 2.45) is 5.92 Å².